The second-order valence-corrected chi connectivity index (χ2v) is 6.26. The summed E-state index contributed by atoms with van der Waals surface area (Å²) in [6, 6.07) is 16.7. The van der Waals surface area contributed by atoms with Crippen LogP contribution >= 0.6 is 0 Å². The highest BCUT2D eigenvalue weighted by molar-refractivity contribution is 5.96. The Balaban J connectivity index is 1.75. The van der Waals surface area contributed by atoms with Crippen molar-refractivity contribution in [3.63, 3.8) is 0 Å². The molecule has 1 aromatic heterocycles. The molecule has 1 amide bonds. The lowest BCUT2D eigenvalue weighted by Crippen LogP contribution is -2.15. The predicted molar refractivity (Wildman–Crippen MR) is 102 cm³/mol. The maximum absolute atomic E-state index is 12.4. The van der Waals surface area contributed by atoms with E-state index in [9.17, 15) is 9.59 Å². The van der Waals surface area contributed by atoms with Gasteiger partial charge >= 0.3 is 0 Å². The standard InChI is InChI=1S/C21H21N3O2/c1-14-20(15(2)24(23-14)19-7-5-4-6-8-19)13-21(26)22-18-11-9-17(10-12-18)16(3)25/h4-12H,13H2,1-3H3,(H,22,26). The van der Waals surface area contributed by atoms with E-state index in [2.05, 4.69) is 10.4 Å². The van der Waals surface area contributed by atoms with Crippen LogP contribution in [0.2, 0.25) is 0 Å². The Hall–Kier alpha value is -3.21. The molecule has 5 heteroatoms. The molecule has 0 unspecified atom stereocenters. The van der Waals surface area contributed by atoms with Crippen molar-refractivity contribution in [2.24, 2.45) is 0 Å². The van der Waals surface area contributed by atoms with E-state index >= 15 is 0 Å². The lowest BCUT2D eigenvalue weighted by atomic mass is 10.1. The molecule has 0 bridgehead atoms. The highest BCUT2D eigenvalue weighted by Gasteiger charge is 2.16. The van der Waals surface area contributed by atoms with Gasteiger partial charge in [0.15, 0.2) is 5.78 Å². The Morgan fingerprint density at radius 3 is 2.27 bits per heavy atom. The number of carbonyl (C=O) groups is 2. The number of anilines is 1. The van der Waals surface area contributed by atoms with Gasteiger partial charge in [0, 0.05) is 22.5 Å². The minimum absolute atomic E-state index is 0.00227. The maximum Gasteiger partial charge on any atom is 0.228 e. The Labute approximate surface area is 152 Å². The molecule has 0 aliphatic heterocycles. The molecule has 0 aliphatic carbocycles. The summed E-state index contributed by atoms with van der Waals surface area (Å²) in [5.41, 5.74) is 4.99. The number of nitrogens with one attached hydrogen (secondary N) is 1. The van der Waals surface area contributed by atoms with E-state index in [1.165, 1.54) is 6.92 Å². The van der Waals surface area contributed by atoms with Crippen LogP contribution in [-0.2, 0) is 11.2 Å². The molecule has 1 N–H and O–H groups in total. The van der Waals surface area contributed by atoms with E-state index in [-0.39, 0.29) is 18.1 Å². The second-order valence-electron chi connectivity index (χ2n) is 6.26. The minimum Gasteiger partial charge on any atom is -0.326 e. The lowest BCUT2D eigenvalue weighted by Gasteiger charge is -2.07. The third-order valence-corrected chi connectivity index (χ3v) is 4.35. The third kappa shape index (κ3) is 3.72. The van der Waals surface area contributed by atoms with Gasteiger partial charge in [-0.25, -0.2) is 4.68 Å². The van der Waals surface area contributed by atoms with Crippen LogP contribution in [0.1, 0.15) is 34.2 Å². The largest absolute Gasteiger partial charge is 0.326 e. The SMILES string of the molecule is CC(=O)c1ccc(NC(=O)Cc2c(C)nn(-c3ccccc3)c2C)cc1. The van der Waals surface area contributed by atoms with E-state index in [4.69, 9.17) is 0 Å². The highest BCUT2D eigenvalue weighted by Crippen LogP contribution is 2.19. The van der Waals surface area contributed by atoms with E-state index in [1.807, 2.05) is 48.9 Å². The van der Waals surface area contributed by atoms with Crippen molar-refractivity contribution in [1.29, 1.82) is 0 Å². The zero-order chi connectivity index (χ0) is 18.7. The number of aromatic nitrogens is 2. The van der Waals surface area contributed by atoms with Crippen molar-refractivity contribution in [2.45, 2.75) is 27.2 Å². The number of hydrogen-bond acceptors (Lipinski definition) is 3. The van der Waals surface area contributed by atoms with Crippen molar-refractivity contribution in [3.05, 3.63) is 77.1 Å². The number of rotatable bonds is 5. The Morgan fingerprint density at radius 2 is 1.65 bits per heavy atom. The molecule has 5 nitrogen and oxygen atoms in total. The average molecular weight is 347 g/mol. The van der Waals surface area contributed by atoms with Crippen molar-refractivity contribution in [1.82, 2.24) is 9.78 Å². The molecule has 3 rings (SSSR count). The molecule has 0 saturated carbocycles. The fourth-order valence-corrected chi connectivity index (χ4v) is 2.91. The van der Waals surface area contributed by atoms with Gasteiger partial charge in [-0.15, -0.1) is 0 Å². The summed E-state index contributed by atoms with van der Waals surface area (Å²) in [7, 11) is 0. The van der Waals surface area contributed by atoms with E-state index in [1.54, 1.807) is 24.3 Å². The first-order valence-corrected chi connectivity index (χ1v) is 8.47. The van der Waals surface area contributed by atoms with Gasteiger partial charge in [0.1, 0.15) is 0 Å². The molecule has 3 aromatic rings. The van der Waals surface area contributed by atoms with E-state index < -0.39 is 0 Å². The van der Waals surface area contributed by atoms with Gasteiger partial charge in [0.2, 0.25) is 5.91 Å². The number of benzene rings is 2. The summed E-state index contributed by atoms with van der Waals surface area (Å²) in [5.74, 6) is -0.109. The quantitative estimate of drug-likeness (QED) is 0.713. The van der Waals surface area contributed by atoms with Crippen LogP contribution in [0.25, 0.3) is 5.69 Å². The van der Waals surface area contributed by atoms with Crippen molar-refractivity contribution < 1.29 is 9.59 Å². The summed E-state index contributed by atoms with van der Waals surface area (Å²) < 4.78 is 1.86. The molecule has 1 heterocycles. The Morgan fingerprint density at radius 1 is 1.00 bits per heavy atom. The van der Waals surface area contributed by atoms with Crippen LogP contribution in [0.15, 0.2) is 54.6 Å². The summed E-state index contributed by atoms with van der Waals surface area (Å²) >= 11 is 0. The first-order valence-electron chi connectivity index (χ1n) is 8.47. The number of Topliss-reactive ketones (excluding diaryl/α,β-unsaturated/α-hetero) is 1. The fourth-order valence-electron chi connectivity index (χ4n) is 2.91. The fraction of sp³-hybridized carbons (Fsp3) is 0.190. The number of nitrogens with zero attached hydrogens (tertiary/aromatic N) is 2. The lowest BCUT2D eigenvalue weighted by molar-refractivity contribution is -0.115. The average Bonchev–Trinajstić information content (AvgIpc) is 2.91. The molecule has 2 aromatic carbocycles. The molecule has 0 saturated heterocycles. The first-order chi connectivity index (χ1) is 12.5. The number of ketones is 1. The Kier molecular flexibility index (Phi) is 4.98. The van der Waals surface area contributed by atoms with Gasteiger partial charge in [-0.1, -0.05) is 18.2 Å². The normalized spacial score (nSPS) is 10.6. The summed E-state index contributed by atoms with van der Waals surface area (Å²) in [5, 5.41) is 7.44. The van der Waals surface area contributed by atoms with E-state index in [0.29, 0.717) is 11.3 Å². The van der Waals surface area contributed by atoms with Gasteiger partial charge in [-0.3, -0.25) is 9.59 Å². The molecule has 0 spiro atoms. The summed E-state index contributed by atoms with van der Waals surface area (Å²) in [4.78, 5) is 23.8. The van der Waals surface area contributed by atoms with Gasteiger partial charge < -0.3 is 5.32 Å². The molecular weight excluding hydrogens is 326 g/mol. The van der Waals surface area contributed by atoms with Crippen molar-refractivity contribution >= 4 is 17.4 Å². The zero-order valence-corrected chi connectivity index (χ0v) is 15.1. The maximum atomic E-state index is 12.4. The second kappa shape index (κ2) is 7.35. The summed E-state index contributed by atoms with van der Waals surface area (Å²) in [6.07, 6.45) is 0.249. The van der Waals surface area contributed by atoms with Crippen LogP contribution in [-0.4, -0.2) is 21.5 Å². The summed E-state index contributed by atoms with van der Waals surface area (Å²) in [6.45, 7) is 5.40. The molecule has 0 atom stereocenters. The molecule has 0 aliphatic rings. The zero-order valence-electron chi connectivity index (χ0n) is 15.1. The van der Waals surface area contributed by atoms with Crippen LogP contribution in [0.3, 0.4) is 0 Å². The van der Waals surface area contributed by atoms with Gasteiger partial charge in [0.25, 0.3) is 0 Å². The molecule has 132 valence electrons. The highest BCUT2D eigenvalue weighted by atomic mass is 16.1. The molecule has 0 fully saturated rings. The number of aryl methyl sites for hydroxylation is 1. The number of para-hydroxylation sites is 1. The van der Waals surface area contributed by atoms with Gasteiger partial charge in [-0.05, 0) is 57.2 Å². The van der Waals surface area contributed by atoms with Crippen LogP contribution in [0.5, 0.6) is 0 Å². The predicted octanol–water partition coefficient (Wildman–Crippen LogP) is 3.87. The first kappa shape index (κ1) is 17.6. The smallest absolute Gasteiger partial charge is 0.228 e. The third-order valence-electron chi connectivity index (χ3n) is 4.35. The Bertz CT molecular complexity index is 941. The molecule has 0 radical (unpaired) electrons. The molecular formula is C21H21N3O2. The van der Waals surface area contributed by atoms with Crippen LogP contribution < -0.4 is 5.32 Å². The molecule has 26 heavy (non-hydrogen) atoms. The van der Waals surface area contributed by atoms with Crippen LogP contribution in [0, 0.1) is 13.8 Å². The number of carbonyl (C=O) groups excluding carboxylic acids is 2. The van der Waals surface area contributed by atoms with Crippen LogP contribution in [0.4, 0.5) is 5.69 Å². The number of hydrogen-bond donors (Lipinski definition) is 1. The van der Waals surface area contributed by atoms with E-state index in [0.717, 1.165) is 22.6 Å². The van der Waals surface area contributed by atoms with Crippen molar-refractivity contribution in [2.75, 3.05) is 5.32 Å². The topological polar surface area (TPSA) is 64.0 Å². The van der Waals surface area contributed by atoms with Gasteiger partial charge in [-0.2, -0.15) is 5.10 Å². The minimum atomic E-state index is -0.112. The van der Waals surface area contributed by atoms with Crippen molar-refractivity contribution in [3.8, 4) is 5.69 Å². The monoisotopic (exact) mass is 347 g/mol. The van der Waals surface area contributed by atoms with Gasteiger partial charge in [0.05, 0.1) is 17.8 Å². The number of amides is 1.